The quantitative estimate of drug-likeness (QED) is 0.573. The summed E-state index contributed by atoms with van der Waals surface area (Å²) in [6.45, 7) is 8.91. The van der Waals surface area contributed by atoms with Crippen molar-refractivity contribution in [1.29, 1.82) is 0 Å². The first kappa shape index (κ1) is 27.3. The van der Waals surface area contributed by atoms with Gasteiger partial charge in [0, 0.05) is 36.3 Å². The van der Waals surface area contributed by atoms with Gasteiger partial charge >= 0.3 is 0 Å². The molecule has 10 heteroatoms. The molecule has 0 saturated carbocycles. The highest BCUT2D eigenvalue weighted by molar-refractivity contribution is 5.95. The van der Waals surface area contributed by atoms with Gasteiger partial charge in [-0.05, 0) is 100 Å². The minimum Gasteiger partial charge on any atom is -0.486 e. The maximum absolute atomic E-state index is 12.4. The Labute approximate surface area is 246 Å². The highest BCUT2D eigenvalue weighted by Gasteiger charge is 2.36. The third kappa shape index (κ3) is 5.87. The molecule has 0 aliphatic carbocycles. The summed E-state index contributed by atoms with van der Waals surface area (Å²) in [4.78, 5) is 29.8. The monoisotopic (exact) mass is 576 g/mol. The van der Waals surface area contributed by atoms with E-state index in [1.54, 1.807) is 12.1 Å². The Morgan fingerprint density at radius 3 is 1.31 bits per heavy atom. The van der Waals surface area contributed by atoms with Crippen LogP contribution < -0.4 is 29.6 Å². The van der Waals surface area contributed by atoms with Crippen LogP contribution in [-0.2, 0) is 0 Å². The average molecular weight is 577 g/mol. The first-order valence-electron chi connectivity index (χ1n) is 15.4. The zero-order valence-corrected chi connectivity index (χ0v) is 24.0. The molecule has 6 fully saturated rings. The molecule has 10 rings (SSSR count). The van der Waals surface area contributed by atoms with Gasteiger partial charge < -0.3 is 39.4 Å². The van der Waals surface area contributed by atoms with Gasteiger partial charge in [0.1, 0.15) is 26.4 Å². The van der Waals surface area contributed by atoms with Crippen molar-refractivity contribution in [3.05, 3.63) is 47.5 Å². The average Bonchev–Trinajstić information content (AvgIpc) is 3.05. The number of rotatable bonds is 4. The van der Waals surface area contributed by atoms with Crippen LogP contribution in [0.1, 0.15) is 46.4 Å². The van der Waals surface area contributed by atoms with E-state index in [9.17, 15) is 9.59 Å². The first-order chi connectivity index (χ1) is 20.6. The molecule has 2 aromatic carbocycles. The van der Waals surface area contributed by atoms with Crippen LogP contribution in [-0.4, -0.2) is 99.4 Å². The van der Waals surface area contributed by atoms with Crippen LogP contribution in [0.5, 0.6) is 23.0 Å². The number of piperidine rings is 6. The topological polar surface area (TPSA) is 102 Å². The van der Waals surface area contributed by atoms with E-state index in [2.05, 4.69) is 20.4 Å². The lowest BCUT2D eigenvalue weighted by Gasteiger charge is -2.44. The molecular weight excluding hydrogens is 536 g/mol. The van der Waals surface area contributed by atoms with Gasteiger partial charge in [-0.25, -0.2) is 0 Å². The van der Waals surface area contributed by atoms with Gasteiger partial charge in [-0.1, -0.05) is 0 Å². The van der Waals surface area contributed by atoms with E-state index in [4.69, 9.17) is 18.9 Å². The van der Waals surface area contributed by atoms with E-state index in [1.165, 1.54) is 51.9 Å². The third-order valence-corrected chi connectivity index (χ3v) is 9.55. The fourth-order valence-corrected chi connectivity index (χ4v) is 7.13. The summed E-state index contributed by atoms with van der Waals surface area (Å²) in [6.07, 6.45) is 4.80. The minimum atomic E-state index is -0.00859. The van der Waals surface area contributed by atoms with Crippen molar-refractivity contribution in [2.75, 3.05) is 65.7 Å². The van der Waals surface area contributed by atoms with E-state index >= 15 is 0 Å². The second-order valence-corrected chi connectivity index (χ2v) is 12.2. The van der Waals surface area contributed by atoms with E-state index in [0.29, 0.717) is 60.9 Å². The number of benzene rings is 2. The second kappa shape index (κ2) is 12.0. The number of fused-ring (bicyclic) bond motifs is 8. The molecule has 2 atom stereocenters. The molecule has 224 valence electrons. The largest absolute Gasteiger partial charge is 0.486 e. The van der Waals surface area contributed by atoms with Gasteiger partial charge in [0.25, 0.3) is 11.8 Å². The summed E-state index contributed by atoms with van der Waals surface area (Å²) < 4.78 is 22.1. The normalized spacial score (nSPS) is 30.0. The molecule has 10 nitrogen and oxygen atoms in total. The van der Waals surface area contributed by atoms with Crippen LogP contribution in [0.3, 0.4) is 0 Å². The first-order valence-corrected chi connectivity index (χ1v) is 15.4. The minimum absolute atomic E-state index is 0.00859. The molecule has 2 N–H and O–H groups in total. The van der Waals surface area contributed by atoms with Crippen LogP contribution in [0.15, 0.2) is 36.4 Å². The summed E-state index contributed by atoms with van der Waals surface area (Å²) in [7, 11) is 0. The molecule has 8 heterocycles. The van der Waals surface area contributed by atoms with Gasteiger partial charge in [0.2, 0.25) is 0 Å². The highest BCUT2D eigenvalue weighted by atomic mass is 16.6. The van der Waals surface area contributed by atoms with Gasteiger partial charge in [-0.3, -0.25) is 9.59 Å². The number of carbonyl (C=O) groups excluding carboxylic acids is 2. The lowest BCUT2D eigenvalue weighted by molar-refractivity contribution is 0.0616. The Bertz CT molecular complexity index is 1200. The summed E-state index contributed by atoms with van der Waals surface area (Å²) in [5, 5.41) is 6.39. The molecule has 2 aromatic rings. The molecule has 2 amide bonds. The third-order valence-electron chi connectivity index (χ3n) is 9.55. The molecule has 0 radical (unpaired) electrons. The zero-order valence-electron chi connectivity index (χ0n) is 24.0. The van der Waals surface area contributed by atoms with Crippen LogP contribution >= 0.6 is 0 Å². The van der Waals surface area contributed by atoms with Crippen molar-refractivity contribution in [2.24, 2.45) is 11.8 Å². The summed E-state index contributed by atoms with van der Waals surface area (Å²) >= 11 is 0. The SMILES string of the molecule is O=C(N[C@H]1CN2CCC1CC2)c1ccc2c(c1)OCCO2.O=C(N[C@H]1CN2CCC1CC2)c1ccc2c(c1)OCCO2. The number of nitrogens with one attached hydrogen (secondary N) is 2. The van der Waals surface area contributed by atoms with Crippen LogP contribution in [0.4, 0.5) is 0 Å². The molecule has 8 aliphatic heterocycles. The van der Waals surface area contributed by atoms with Crippen molar-refractivity contribution >= 4 is 11.8 Å². The molecule has 0 aromatic heterocycles. The molecule has 8 aliphatic rings. The molecule has 42 heavy (non-hydrogen) atoms. The fraction of sp³-hybridized carbons (Fsp3) is 0.562. The van der Waals surface area contributed by atoms with Gasteiger partial charge in [0.15, 0.2) is 23.0 Å². The summed E-state index contributed by atoms with van der Waals surface area (Å²) in [5.74, 6) is 4.04. The van der Waals surface area contributed by atoms with E-state index < -0.39 is 0 Å². The van der Waals surface area contributed by atoms with E-state index in [0.717, 1.165) is 24.6 Å². The second-order valence-electron chi connectivity index (χ2n) is 12.2. The predicted octanol–water partition coefficient (Wildman–Crippen LogP) is 2.56. The standard InChI is InChI=1S/2C16H20N2O3/c2*19-16(17-13-10-18-5-3-11(13)4-6-18)12-1-2-14-15(9-12)21-8-7-20-14/h2*1-2,9,11,13H,3-8,10H2,(H,17,19)/t2*13-/m00/s1. The van der Waals surface area contributed by atoms with Crippen molar-refractivity contribution < 1.29 is 28.5 Å². The van der Waals surface area contributed by atoms with Gasteiger partial charge in [-0.2, -0.15) is 0 Å². The lowest BCUT2D eigenvalue weighted by Crippen LogP contribution is -2.57. The number of nitrogens with zero attached hydrogens (tertiary/aromatic N) is 2. The van der Waals surface area contributed by atoms with Crippen LogP contribution in [0, 0.1) is 11.8 Å². The molecule has 4 bridgehead atoms. The summed E-state index contributed by atoms with van der Waals surface area (Å²) in [6, 6.07) is 11.4. The number of carbonyl (C=O) groups is 2. The van der Waals surface area contributed by atoms with Gasteiger partial charge in [-0.15, -0.1) is 0 Å². The number of amides is 2. The smallest absolute Gasteiger partial charge is 0.251 e. The van der Waals surface area contributed by atoms with Crippen LogP contribution in [0.25, 0.3) is 0 Å². The zero-order chi connectivity index (χ0) is 28.5. The summed E-state index contributed by atoms with van der Waals surface area (Å²) in [5.41, 5.74) is 1.30. The van der Waals surface area contributed by atoms with Crippen molar-refractivity contribution in [3.63, 3.8) is 0 Å². The number of hydrogen-bond acceptors (Lipinski definition) is 8. The Kier molecular flexibility index (Phi) is 7.82. The number of ether oxygens (including phenoxy) is 4. The molecule has 0 spiro atoms. The Morgan fingerprint density at radius 2 is 0.952 bits per heavy atom. The van der Waals surface area contributed by atoms with Gasteiger partial charge in [0.05, 0.1) is 0 Å². The molecule has 0 unspecified atom stereocenters. The van der Waals surface area contributed by atoms with E-state index in [-0.39, 0.29) is 23.9 Å². The van der Waals surface area contributed by atoms with Crippen molar-refractivity contribution in [3.8, 4) is 23.0 Å². The Balaban J connectivity index is 0.000000137. The predicted molar refractivity (Wildman–Crippen MR) is 156 cm³/mol. The maximum atomic E-state index is 12.4. The molecular formula is C32H40N4O6. The Hall–Kier alpha value is -3.50. The maximum Gasteiger partial charge on any atom is 0.251 e. The molecule has 6 saturated heterocycles. The fourth-order valence-electron chi connectivity index (χ4n) is 7.13. The van der Waals surface area contributed by atoms with Crippen molar-refractivity contribution in [2.45, 2.75) is 37.8 Å². The number of hydrogen-bond donors (Lipinski definition) is 2. The Morgan fingerprint density at radius 1 is 0.571 bits per heavy atom. The van der Waals surface area contributed by atoms with Crippen molar-refractivity contribution in [1.82, 2.24) is 20.4 Å². The van der Waals surface area contributed by atoms with E-state index in [1.807, 2.05) is 24.3 Å². The lowest BCUT2D eigenvalue weighted by atomic mass is 9.84. The van der Waals surface area contributed by atoms with Crippen LogP contribution in [0.2, 0.25) is 0 Å². The highest BCUT2D eigenvalue weighted by Crippen LogP contribution is 2.33.